The minimum atomic E-state index is -0.400. The summed E-state index contributed by atoms with van der Waals surface area (Å²) in [5, 5.41) is 19.1. The van der Waals surface area contributed by atoms with Crippen molar-refractivity contribution in [3.63, 3.8) is 0 Å². The summed E-state index contributed by atoms with van der Waals surface area (Å²) in [7, 11) is 1.37. The van der Waals surface area contributed by atoms with E-state index in [-0.39, 0.29) is 30.2 Å². The minimum absolute atomic E-state index is 0. The average molecular weight is 286 g/mol. The normalized spacial score (nSPS) is 10.1. The number of allylic oxidation sites excluding steroid dienone is 1. The quantitative estimate of drug-likeness (QED) is 0.665. The van der Waals surface area contributed by atoms with Gasteiger partial charge >= 0.3 is 0 Å². The Morgan fingerprint density at radius 1 is 1.14 bits per heavy atom. The van der Waals surface area contributed by atoms with Gasteiger partial charge in [0.25, 0.3) is 0 Å². The third-order valence-corrected chi connectivity index (χ3v) is 2.76. The topological polar surface area (TPSA) is 66.8 Å². The molecule has 0 aromatic heterocycles. The van der Waals surface area contributed by atoms with Gasteiger partial charge in [-0.3, -0.25) is 4.79 Å². The number of benzene rings is 2. The van der Waals surface area contributed by atoms with E-state index >= 15 is 0 Å². The van der Waals surface area contributed by atoms with Crippen molar-refractivity contribution in [3.05, 3.63) is 59.7 Å². The molecule has 0 heterocycles. The molecule has 4 nitrogen and oxygen atoms in total. The van der Waals surface area contributed by atoms with Crippen LogP contribution in [0.15, 0.2) is 48.5 Å². The van der Waals surface area contributed by atoms with Crippen LogP contribution in [0.1, 0.15) is 23.3 Å². The third kappa shape index (κ3) is 3.86. The Morgan fingerprint density at radius 2 is 1.81 bits per heavy atom. The lowest BCUT2D eigenvalue weighted by Crippen LogP contribution is -1.99. The van der Waals surface area contributed by atoms with E-state index in [9.17, 15) is 15.0 Å². The number of carbonyl (C=O) groups is 1. The lowest BCUT2D eigenvalue weighted by atomic mass is 10.1. The van der Waals surface area contributed by atoms with Crippen LogP contribution in [0, 0.1) is 0 Å². The van der Waals surface area contributed by atoms with Crippen molar-refractivity contribution in [1.29, 1.82) is 0 Å². The SMILES string of the molecule is C.COc1cc(O)cc(O)c1C(=O)/C=C/c1ccccc1. The number of hydrogen-bond acceptors (Lipinski definition) is 4. The molecule has 4 heteroatoms. The van der Waals surface area contributed by atoms with Gasteiger partial charge in [0.1, 0.15) is 22.8 Å². The highest BCUT2D eigenvalue weighted by Gasteiger charge is 2.16. The molecule has 0 aliphatic rings. The van der Waals surface area contributed by atoms with Crippen molar-refractivity contribution in [2.75, 3.05) is 7.11 Å². The zero-order valence-electron chi connectivity index (χ0n) is 10.9. The number of phenols is 2. The Labute approximate surface area is 123 Å². The van der Waals surface area contributed by atoms with Gasteiger partial charge in [0.2, 0.25) is 0 Å². The van der Waals surface area contributed by atoms with Gasteiger partial charge in [-0.1, -0.05) is 43.8 Å². The molecule has 0 spiro atoms. The maximum atomic E-state index is 12.1. The largest absolute Gasteiger partial charge is 0.508 e. The maximum Gasteiger partial charge on any atom is 0.193 e. The van der Waals surface area contributed by atoms with Gasteiger partial charge in [0, 0.05) is 12.1 Å². The van der Waals surface area contributed by atoms with E-state index < -0.39 is 5.78 Å². The van der Waals surface area contributed by atoms with Crippen molar-refractivity contribution >= 4 is 11.9 Å². The van der Waals surface area contributed by atoms with Crippen LogP contribution in [0.25, 0.3) is 6.08 Å². The maximum absolute atomic E-state index is 12.1. The van der Waals surface area contributed by atoms with E-state index in [0.717, 1.165) is 11.6 Å². The number of aromatic hydroxyl groups is 2. The number of ether oxygens (including phenoxy) is 1. The Kier molecular flexibility index (Phi) is 5.55. The smallest absolute Gasteiger partial charge is 0.193 e. The van der Waals surface area contributed by atoms with Crippen LogP contribution in [0.5, 0.6) is 17.2 Å². The lowest BCUT2D eigenvalue weighted by molar-refractivity contribution is 0.104. The van der Waals surface area contributed by atoms with E-state index in [0.29, 0.717) is 0 Å². The predicted molar refractivity (Wildman–Crippen MR) is 82.9 cm³/mol. The molecule has 0 radical (unpaired) electrons. The molecule has 2 aromatic carbocycles. The minimum Gasteiger partial charge on any atom is -0.508 e. The fourth-order valence-electron chi connectivity index (χ4n) is 1.81. The first-order valence-corrected chi connectivity index (χ1v) is 5.99. The molecule has 0 saturated heterocycles. The summed E-state index contributed by atoms with van der Waals surface area (Å²) >= 11 is 0. The van der Waals surface area contributed by atoms with E-state index in [2.05, 4.69) is 0 Å². The van der Waals surface area contributed by atoms with Crippen LogP contribution < -0.4 is 4.74 Å². The van der Waals surface area contributed by atoms with Crippen LogP contribution >= 0.6 is 0 Å². The standard InChI is InChI=1S/C16H14O4.CH4/c1-20-15-10-12(17)9-14(19)16(15)13(18)8-7-11-5-3-2-4-6-11;/h2-10,17,19H,1H3;1H4/b8-7+;. The molecular weight excluding hydrogens is 268 g/mol. The van der Waals surface area contributed by atoms with Gasteiger partial charge in [-0.2, -0.15) is 0 Å². The number of ketones is 1. The second-order valence-corrected chi connectivity index (χ2v) is 4.15. The van der Waals surface area contributed by atoms with Crippen molar-refractivity contribution in [3.8, 4) is 17.2 Å². The van der Waals surface area contributed by atoms with E-state index in [1.54, 1.807) is 6.08 Å². The zero-order valence-corrected chi connectivity index (χ0v) is 10.9. The first-order valence-electron chi connectivity index (χ1n) is 5.99. The monoisotopic (exact) mass is 286 g/mol. The van der Waals surface area contributed by atoms with Gasteiger partial charge in [-0.15, -0.1) is 0 Å². The molecule has 0 atom stereocenters. The molecule has 0 fully saturated rings. The summed E-state index contributed by atoms with van der Waals surface area (Å²) in [6.07, 6.45) is 3.00. The molecule has 0 saturated carbocycles. The molecule has 0 amide bonds. The Balaban J connectivity index is 0.00000220. The zero-order chi connectivity index (χ0) is 14.5. The molecular formula is C17H18O4. The molecule has 2 rings (SSSR count). The highest BCUT2D eigenvalue weighted by Crippen LogP contribution is 2.33. The molecule has 0 unspecified atom stereocenters. The number of hydrogen-bond donors (Lipinski definition) is 2. The fraction of sp³-hybridized carbons (Fsp3) is 0.118. The van der Waals surface area contributed by atoms with Crippen LogP contribution in [0.2, 0.25) is 0 Å². The number of rotatable bonds is 4. The Bertz CT molecular complexity index is 645. The number of methoxy groups -OCH3 is 1. The van der Waals surface area contributed by atoms with Crippen molar-refractivity contribution in [1.82, 2.24) is 0 Å². The van der Waals surface area contributed by atoms with Gasteiger partial charge in [0.15, 0.2) is 5.78 Å². The molecule has 2 N–H and O–H groups in total. The van der Waals surface area contributed by atoms with Crippen molar-refractivity contribution in [2.45, 2.75) is 7.43 Å². The fourth-order valence-corrected chi connectivity index (χ4v) is 1.81. The van der Waals surface area contributed by atoms with Gasteiger partial charge in [0.05, 0.1) is 7.11 Å². The summed E-state index contributed by atoms with van der Waals surface area (Å²) in [6.45, 7) is 0. The molecule has 21 heavy (non-hydrogen) atoms. The van der Waals surface area contributed by atoms with Crippen molar-refractivity contribution in [2.24, 2.45) is 0 Å². The van der Waals surface area contributed by atoms with Crippen LogP contribution in [-0.4, -0.2) is 23.1 Å². The van der Waals surface area contributed by atoms with Gasteiger partial charge in [-0.05, 0) is 11.6 Å². The molecule has 2 aromatic rings. The predicted octanol–water partition coefficient (Wildman–Crippen LogP) is 3.64. The van der Waals surface area contributed by atoms with E-state index in [1.807, 2.05) is 30.3 Å². The number of phenolic OH excluding ortho intramolecular Hbond substituents is 2. The Morgan fingerprint density at radius 3 is 2.43 bits per heavy atom. The summed E-state index contributed by atoms with van der Waals surface area (Å²) in [5.41, 5.74) is 0.899. The lowest BCUT2D eigenvalue weighted by Gasteiger charge is -2.08. The summed E-state index contributed by atoms with van der Waals surface area (Å²) in [6, 6.07) is 11.7. The molecule has 0 bridgehead atoms. The summed E-state index contributed by atoms with van der Waals surface area (Å²) in [5.74, 6) is -0.749. The van der Waals surface area contributed by atoms with Gasteiger partial charge < -0.3 is 14.9 Å². The first-order chi connectivity index (χ1) is 9.61. The van der Waals surface area contributed by atoms with Crippen LogP contribution in [0.3, 0.4) is 0 Å². The van der Waals surface area contributed by atoms with Crippen LogP contribution in [0.4, 0.5) is 0 Å². The molecule has 0 aliphatic heterocycles. The average Bonchev–Trinajstić information content (AvgIpc) is 2.45. The van der Waals surface area contributed by atoms with Crippen molar-refractivity contribution < 1.29 is 19.7 Å². The third-order valence-electron chi connectivity index (χ3n) is 2.76. The van der Waals surface area contributed by atoms with E-state index in [4.69, 9.17) is 4.74 Å². The second kappa shape index (κ2) is 7.14. The highest BCUT2D eigenvalue weighted by molar-refractivity contribution is 6.10. The Hall–Kier alpha value is -2.75. The summed E-state index contributed by atoms with van der Waals surface area (Å²) < 4.78 is 5.01. The van der Waals surface area contributed by atoms with Gasteiger partial charge in [-0.25, -0.2) is 0 Å². The van der Waals surface area contributed by atoms with E-state index in [1.165, 1.54) is 19.3 Å². The first kappa shape index (κ1) is 16.3. The summed E-state index contributed by atoms with van der Waals surface area (Å²) in [4.78, 5) is 12.1. The van der Waals surface area contributed by atoms with Crippen LogP contribution in [-0.2, 0) is 0 Å². The highest BCUT2D eigenvalue weighted by atomic mass is 16.5. The molecule has 110 valence electrons. The second-order valence-electron chi connectivity index (χ2n) is 4.15. The molecule has 0 aliphatic carbocycles. The number of carbonyl (C=O) groups excluding carboxylic acids is 1.